The number of benzene rings is 2. The largest absolute Gasteiger partial charge is 0.508 e. The number of aryl methyl sites for hydroxylation is 4. The molecule has 31 heavy (non-hydrogen) atoms. The smallest absolute Gasteiger partial charge is 0.119 e. The van der Waals surface area contributed by atoms with Crippen LogP contribution in [0.15, 0.2) is 36.4 Å². The van der Waals surface area contributed by atoms with Crippen molar-refractivity contribution in [2.45, 2.75) is 64.2 Å². The summed E-state index contributed by atoms with van der Waals surface area (Å²) in [6, 6.07) is 12.2. The molecular weight excluding hydrogens is 584 g/mol. The highest BCUT2D eigenvalue weighted by atomic mass is 79.9. The number of halogens is 3. The van der Waals surface area contributed by atoms with Gasteiger partial charge in [0.15, 0.2) is 0 Å². The fourth-order valence-corrected chi connectivity index (χ4v) is 4.96. The Morgan fingerprint density at radius 1 is 0.645 bits per heavy atom. The second kappa shape index (κ2) is 16.1. The van der Waals surface area contributed by atoms with Crippen molar-refractivity contribution >= 4 is 47.8 Å². The molecule has 2 nitrogen and oxygen atoms in total. The molecule has 0 aliphatic heterocycles. The molecule has 0 saturated heterocycles. The van der Waals surface area contributed by atoms with Gasteiger partial charge in [0.1, 0.15) is 11.5 Å². The summed E-state index contributed by atoms with van der Waals surface area (Å²) in [7, 11) is 0. The van der Waals surface area contributed by atoms with Gasteiger partial charge in [-0.3, -0.25) is 0 Å². The van der Waals surface area contributed by atoms with E-state index in [0.29, 0.717) is 5.75 Å². The van der Waals surface area contributed by atoms with E-state index in [1.807, 2.05) is 12.1 Å². The molecule has 0 spiro atoms. The highest BCUT2D eigenvalue weighted by Gasteiger charge is 2.11. The Bertz CT molecular complexity index is 760. The predicted molar refractivity (Wildman–Crippen MR) is 144 cm³/mol. The van der Waals surface area contributed by atoms with E-state index < -0.39 is 0 Å². The van der Waals surface area contributed by atoms with Crippen molar-refractivity contribution in [1.82, 2.24) is 0 Å². The summed E-state index contributed by atoms with van der Waals surface area (Å²) in [6.07, 6.45) is 12.2. The minimum Gasteiger partial charge on any atom is -0.508 e. The van der Waals surface area contributed by atoms with Crippen molar-refractivity contribution in [2.24, 2.45) is 0 Å². The SMILES string of the molecule is BrCCCCBr.BrCCCCOc1ccc2c(c1)CCC2.Oc1ccc2c(c1)CCC2. The molecule has 4 rings (SSSR count). The van der Waals surface area contributed by atoms with Crippen molar-refractivity contribution in [2.75, 3.05) is 22.6 Å². The van der Waals surface area contributed by atoms with E-state index >= 15 is 0 Å². The van der Waals surface area contributed by atoms with Crippen LogP contribution >= 0.6 is 47.8 Å². The predicted octanol–water partition coefficient (Wildman–Crippen LogP) is 8.17. The second-order valence-electron chi connectivity index (χ2n) is 7.92. The summed E-state index contributed by atoms with van der Waals surface area (Å²) in [5.41, 5.74) is 5.76. The van der Waals surface area contributed by atoms with Crippen molar-refractivity contribution in [3.63, 3.8) is 0 Å². The lowest BCUT2D eigenvalue weighted by atomic mass is 10.1. The van der Waals surface area contributed by atoms with Crippen LogP contribution in [0.1, 0.15) is 60.8 Å². The van der Waals surface area contributed by atoms with Gasteiger partial charge < -0.3 is 9.84 Å². The van der Waals surface area contributed by atoms with E-state index in [9.17, 15) is 0 Å². The number of fused-ring (bicyclic) bond motifs is 2. The second-order valence-corrected chi connectivity index (χ2v) is 10.3. The third-order valence-corrected chi connectivity index (χ3v) is 7.15. The summed E-state index contributed by atoms with van der Waals surface area (Å²) < 4.78 is 5.71. The number of hydrogen-bond donors (Lipinski definition) is 1. The molecule has 5 heteroatoms. The summed E-state index contributed by atoms with van der Waals surface area (Å²) in [5.74, 6) is 1.45. The third kappa shape index (κ3) is 10.3. The van der Waals surface area contributed by atoms with Crippen LogP contribution in [0.25, 0.3) is 0 Å². The molecule has 0 unspecified atom stereocenters. The zero-order valence-electron chi connectivity index (χ0n) is 18.4. The number of ether oxygens (including phenoxy) is 1. The molecule has 0 bridgehead atoms. The minimum absolute atomic E-state index is 0.403. The van der Waals surface area contributed by atoms with Gasteiger partial charge in [-0.05, 0) is 111 Å². The van der Waals surface area contributed by atoms with Crippen molar-refractivity contribution in [1.29, 1.82) is 0 Å². The fourth-order valence-electron chi connectivity index (χ4n) is 3.77. The van der Waals surface area contributed by atoms with E-state index in [-0.39, 0.29) is 0 Å². The molecule has 2 aromatic rings. The molecule has 2 aliphatic carbocycles. The Balaban J connectivity index is 0.000000184. The first-order valence-electron chi connectivity index (χ1n) is 11.4. The number of aromatic hydroxyl groups is 1. The van der Waals surface area contributed by atoms with Gasteiger partial charge in [-0.2, -0.15) is 0 Å². The summed E-state index contributed by atoms with van der Waals surface area (Å²) in [5, 5.41) is 12.4. The number of rotatable bonds is 8. The maximum Gasteiger partial charge on any atom is 0.119 e. The van der Waals surface area contributed by atoms with E-state index in [1.54, 1.807) is 6.07 Å². The van der Waals surface area contributed by atoms with E-state index in [0.717, 1.165) is 41.2 Å². The van der Waals surface area contributed by atoms with E-state index in [4.69, 9.17) is 9.84 Å². The number of phenols is 1. The number of unbranched alkanes of at least 4 members (excludes halogenated alkanes) is 2. The molecule has 0 fully saturated rings. The third-order valence-electron chi connectivity index (χ3n) is 5.47. The van der Waals surface area contributed by atoms with Crippen LogP contribution in [-0.2, 0) is 25.7 Å². The Morgan fingerprint density at radius 2 is 1.16 bits per heavy atom. The molecule has 172 valence electrons. The Morgan fingerprint density at radius 3 is 1.77 bits per heavy atom. The summed E-state index contributed by atoms with van der Waals surface area (Å²) in [4.78, 5) is 0. The highest BCUT2D eigenvalue weighted by Crippen LogP contribution is 2.26. The fraction of sp³-hybridized carbons (Fsp3) is 0.538. The van der Waals surface area contributed by atoms with Crippen LogP contribution in [0.5, 0.6) is 11.5 Å². The van der Waals surface area contributed by atoms with Gasteiger partial charge in [-0.15, -0.1) is 0 Å². The van der Waals surface area contributed by atoms with Crippen LogP contribution < -0.4 is 4.74 Å². The standard InChI is InChI=1S/C13H17BrO.C9H10O.C4H8Br2/c14-8-1-2-9-15-13-7-6-11-4-3-5-12(11)10-13;10-9-5-4-7-2-1-3-8(7)6-9;5-3-1-2-4-6/h6-7,10H,1-5,8-9H2;4-6,10H,1-3H2;1-4H2. The molecule has 0 aromatic heterocycles. The normalized spacial score (nSPS) is 13.4. The molecule has 2 aliphatic rings. The van der Waals surface area contributed by atoms with Crippen LogP contribution in [0.2, 0.25) is 0 Å². The number of hydrogen-bond acceptors (Lipinski definition) is 2. The van der Waals surface area contributed by atoms with E-state index in [1.165, 1.54) is 73.6 Å². The van der Waals surface area contributed by atoms with Crippen LogP contribution in [-0.4, -0.2) is 27.7 Å². The van der Waals surface area contributed by atoms with Gasteiger partial charge in [0.05, 0.1) is 6.61 Å². The van der Waals surface area contributed by atoms with Gasteiger partial charge >= 0.3 is 0 Å². The molecule has 0 heterocycles. The first-order valence-corrected chi connectivity index (χ1v) is 14.8. The first-order chi connectivity index (χ1) is 15.2. The molecule has 2 aromatic carbocycles. The average molecular weight is 619 g/mol. The lowest BCUT2D eigenvalue weighted by Crippen LogP contribution is -1.98. The molecule has 0 saturated carbocycles. The minimum atomic E-state index is 0.403. The summed E-state index contributed by atoms with van der Waals surface area (Å²) in [6.45, 7) is 0.838. The monoisotopic (exact) mass is 616 g/mol. The van der Waals surface area contributed by atoms with Gasteiger partial charge in [0.25, 0.3) is 0 Å². The Hall–Kier alpha value is -0.520. The van der Waals surface area contributed by atoms with Crippen LogP contribution in [0, 0.1) is 0 Å². The molecule has 1 N–H and O–H groups in total. The maximum absolute atomic E-state index is 9.10. The Kier molecular flexibility index (Phi) is 13.9. The van der Waals surface area contributed by atoms with Crippen molar-refractivity contribution in [3.05, 3.63) is 58.7 Å². The average Bonchev–Trinajstić information content (AvgIpc) is 3.44. The van der Waals surface area contributed by atoms with Gasteiger partial charge in [-0.25, -0.2) is 0 Å². The van der Waals surface area contributed by atoms with Gasteiger partial charge in [-0.1, -0.05) is 59.9 Å². The van der Waals surface area contributed by atoms with Crippen LogP contribution in [0.3, 0.4) is 0 Å². The lowest BCUT2D eigenvalue weighted by Gasteiger charge is -2.07. The number of alkyl halides is 3. The van der Waals surface area contributed by atoms with Crippen LogP contribution in [0.4, 0.5) is 0 Å². The molecule has 0 radical (unpaired) electrons. The van der Waals surface area contributed by atoms with E-state index in [2.05, 4.69) is 66.0 Å². The highest BCUT2D eigenvalue weighted by molar-refractivity contribution is 9.09. The van der Waals surface area contributed by atoms with Gasteiger partial charge in [0, 0.05) is 16.0 Å². The van der Waals surface area contributed by atoms with Crippen molar-refractivity contribution in [3.8, 4) is 11.5 Å². The van der Waals surface area contributed by atoms with Crippen molar-refractivity contribution < 1.29 is 9.84 Å². The Labute approximate surface area is 213 Å². The zero-order valence-corrected chi connectivity index (χ0v) is 23.1. The summed E-state index contributed by atoms with van der Waals surface area (Å²) >= 11 is 10.1. The zero-order chi connectivity index (χ0) is 22.3. The lowest BCUT2D eigenvalue weighted by molar-refractivity contribution is 0.309. The first kappa shape index (κ1) is 26.7. The molecular formula is C26H35Br3O2. The molecule has 0 atom stereocenters. The number of phenolic OH excluding ortho intramolecular Hbond substituents is 1. The quantitative estimate of drug-likeness (QED) is 0.239. The topological polar surface area (TPSA) is 29.5 Å². The maximum atomic E-state index is 9.10. The molecule has 0 amide bonds. The van der Waals surface area contributed by atoms with Gasteiger partial charge in [0.2, 0.25) is 0 Å².